The first-order valence-electron chi connectivity index (χ1n) is 36.4. The third-order valence-electron chi connectivity index (χ3n) is 21.8. The number of quaternary nitrogens is 1. The van der Waals surface area contributed by atoms with Crippen molar-refractivity contribution in [1.29, 1.82) is 0 Å². The van der Waals surface area contributed by atoms with Crippen LogP contribution in [0.25, 0.3) is 5.57 Å². The number of aliphatic hydroxyl groups is 3. The second kappa shape index (κ2) is 33.9. The van der Waals surface area contributed by atoms with Crippen molar-refractivity contribution in [2.24, 2.45) is 0 Å². The molecule has 24 nitrogen and oxygen atoms in total. The van der Waals surface area contributed by atoms with E-state index in [1.54, 1.807) is 69.4 Å². The molecule has 13 aliphatic heterocycles. The van der Waals surface area contributed by atoms with Gasteiger partial charge in [-0.25, -0.2) is 17.6 Å². The summed E-state index contributed by atoms with van der Waals surface area (Å²) in [5, 5.41) is 44.2. The zero-order valence-corrected chi connectivity index (χ0v) is 68.6. The van der Waals surface area contributed by atoms with Crippen LogP contribution in [-0.4, -0.2) is 212 Å². The van der Waals surface area contributed by atoms with E-state index >= 15 is 0 Å². The molecule has 13 aliphatic rings. The van der Waals surface area contributed by atoms with Crippen LogP contribution in [-0.2, 0) is 109 Å². The molecule has 0 aromatic heterocycles. The van der Waals surface area contributed by atoms with Gasteiger partial charge in [0, 0.05) is 90.4 Å². The fraction of sp³-hybridized carbons (Fsp3) is 0.590. The zero-order valence-electron chi connectivity index (χ0n) is 61.7. The molecule has 17 rings (SSSR count). The molecule has 596 valence electrons. The molecule has 0 radical (unpaired) electrons. The molecule has 4 aromatic rings. The minimum atomic E-state index is -1.76. The van der Waals surface area contributed by atoms with Crippen LogP contribution in [0.1, 0.15) is 165 Å². The molecule has 4 aromatic carbocycles. The van der Waals surface area contributed by atoms with Gasteiger partial charge in [0.2, 0.25) is 0 Å². The fourth-order valence-electron chi connectivity index (χ4n) is 16.7. The number of fused-ring (bicyclic) bond motifs is 24. The number of aliphatic hydroxyl groups excluding tert-OH is 1. The maximum absolute atomic E-state index is 13.7. The van der Waals surface area contributed by atoms with Crippen molar-refractivity contribution in [2.75, 3.05) is 59.5 Å². The first-order chi connectivity index (χ1) is 50.8. The van der Waals surface area contributed by atoms with Crippen molar-refractivity contribution in [3.8, 4) is 0 Å². The number of amides is 4. The van der Waals surface area contributed by atoms with Crippen molar-refractivity contribution in [2.45, 2.75) is 236 Å². The maximum atomic E-state index is 13.7. The number of benzene rings is 4. The number of rotatable bonds is 0. The molecular formula is C78H97F4I2N5O19Sm. The summed E-state index contributed by atoms with van der Waals surface area (Å²) >= 11 is 5.07. The van der Waals surface area contributed by atoms with E-state index in [9.17, 15) is 66.9 Å². The van der Waals surface area contributed by atoms with Crippen molar-refractivity contribution >= 4 is 69.3 Å². The van der Waals surface area contributed by atoms with Gasteiger partial charge in [-0.1, -0.05) is 37.8 Å². The molecule has 8 bridgehead atoms. The van der Waals surface area contributed by atoms with E-state index in [2.05, 4.69) is 34.7 Å². The number of ether oxygens (including phenoxy) is 9. The normalized spacial score (nSPS) is 32.1. The molecule has 109 heavy (non-hydrogen) atoms. The Labute approximate surface area is 664 Å². The fourth-order valence-corrected chi connectivity index (χ4v) is 16.7. The quantitative estimate of drug-likeness (QED) is 0.0639. The van der Waals surface area contributed by atoms with E-state index in [-0.39, 0.29) is 149 Å². The van der Waals surface area contributed by atoms with Crippen LogP contribution in [0.15, 0.2) is 78.9 Å². The van der Waals surface area contributed by atoms with Gasteiger partial charge < -0.3 is 87.4 Å². The van der Waals surface area contributed by atoms with Crippen molar-refractivity contribution < 1.29 is 134 Å². The summed E-state index contributed by atoms with van der Waals surface area (Å²) in [6.45, 7) is 18.9. The van der Waals surface area contributed by atoms with E-state index in [0.717, 1.165) is 28.7 Å². The van der Waals surface area contributed by atoms with E-state index in [1.165, 1.54) is 65.6 Å². The van der Waals surface area contributed by atoms with Crippen LogP contribution in [0.4, 0.5) is 17.6 Å². The Kier molecular flexibility index (Phi) is 26.7. The molecule has 12 atom stereocenters. The Morgan fingerprint density at radius 1 is 0.532 bits per heavy atom. The van der Waals surface area contributed by atoms with Gasteiger partial charge in [-0.3, -0.25) is 28.8 Å². The summed E-state index contributed by atoms with van der Waals surface area (Å²) in [6, 6.07) is 17.3. The number of halogens is 6. The first-order valence-corrected chi connectivity index (χ1v) is 51.5. The van der Waals surface area contributed by atoms with Crippen LogP contribution in [0.2, 0.25) is 0 Å². The third-order valence-corrected chi connectivity index (χ3v) is 21.8. The number of carbonyl (C=O) groups excluding carboxylic acids is 6. The topological polar surface area (TPSA) is 282 Å². The molecule has 4 amide bonds. The summed E-state index contributed by atoms with van der Waals surface area (Å²) in [7, 11) is 1.68. The standard InChI is InChI=1S/C18H22FNO5.C18H20FNO5.C18H20FNO4.C18H20FNO3.C5H11NO2.CH4.2HI.Sm/c2*1-17(2)24-13-8-14(21)18(23)5-6-20(16(22)15(13)25-17)9-10-7-11(19)3-4-12(10)18;1-18(2)23-15-8-14(21)13-5-6-20(17(22)16(15)24-18)9-10-7-11(19)3-4-12(10)13;1-18(2)22-15-6-3-11-7-8-20(17(21)16(15)23-18)10-12-9-13(19)4-5-14(11)12;1-6(7)2-4-8-5-3-6;;;;/h3-4,7,13-15,21,23H,5-6,8-9H2,1-2H3;3-4,7,13,15,23H,5-6,8-9H2,1-2H3;3-4,7,13,15-16H,5-6,8-9H2,1-2H3;3-5,9,15-16H,6-8,10H2,1-2H3;2-5H2,1H3;1H4;2*1H;/q;;;;;;;;+2/p-2/b;;;11-3+;;;;;/t13-,14?,15+,18?;13-,15+,18?;13?,15-,16+;15-,16+;;;;;/m1111...../s1. The number of hydrogen-bond donors (Lipinski definition) is 3. The molecule has 0 saturated carbocycles. The van der Waals surface area contributed by atoms with Gasteiger partial charge >= 0.3 is 54.0 Å². The molecule has 0 aliphatic carbocycles. The monoisotopic (exact) mass is 1890 g/mol. The Hall–Kier alpha value is -4.20. The molecule has 4 unspecified atom stereocenters. The predicted octanol–water partition coefficient (Wildman–Crippen LogP) is 9.64. The number of ketones is 2. The van der Waals surface area contributed by atoms with Crippen LogP contribution in [0.5, 0.6) is 0 Å². The van der Waals surface area contributed by atoms with Crippen molar-refractivity contribution in [1.82, 2.24) is 19.6 Å². The Morgan fingerprint density at radius 2 is 0.954 bits per heavy atom. The molecular weight excluding hydrogens is 1790 g/mol. The van der Waals surface area contributed by atoms with Gasteiger partial charge in [0.25, 0.3) is 23.6 Å². The minimum absolute atomic E-state index is 0. The summed E-state index contributed by atoms with van der Waals surface area (Å²) in [5.74, 6) is -6.66. The van der Waals surface area contributed by atoms with E-state index in [0.29, 0.717) is 93.1 Å². The predicted molar refractivity (Wildman–Crippen MR) is 399 cm³/mol. The van der Waals surface area contributed by atoms with Crippen LogP contribution in [0, 0.1) is 53.9 Å². The van der Waals surface area contributed by atoms with Crippen LogP contribution in [0.3, 0.4) is 0 Å². The van der Waals surface area contributed by atoms with Gasteiger partial charge in [-0.05, 0) is 173 Å². The van der Waals surface area contributed by atoms with Gasteiger partial charge in [0.1, 0.15) is 65.6 Å². The number of hydrogen-bond acceptors (Lipinski definition) is 19. The van der Waals surface area contributed by atoms with E-state index in [1.807, 2.05) is 19.9 Å². The number of hydroxylamine groups is 3. The second-order valence-corrected chi connectivity index (χ2v) is 50.9. The Bertz CT molecular complexity index is 4130. The molecule has 8 saturated heterocycles. The number of nitrogens with zero attached hydrogens (tertiary/aromatic N) is 5. The van der Waals surface area contributed by atoms with Gasteiger partial charge in [-0.2, -0.15) is 0 Å². The molecule has 0 spiro atoms. The van der Waals surface area contributed by atoms with Crippen LogP contribution < -0.4 is 0 Å². The summed E-state index contributed by atoms with van der Waals surface area (Å²) in [5.41, 5.74) is 3.04. The number of likely N-dealkylation sites (N-methyl/N-ethyl adjacent to an activating group) is 1. The third kappa shape index (κ3) is 19.2. The molecule has 13 heterocycles. The summed E-state index contributed by atoms with van der Waals surface area (Å²) < 4.78 is 106. The average molecular weight is 1890 g/mol. The van der Waals surface area contributed by atoms with Gasteiger partial charge in [-0.15, -0.1) is 0 Å². The molecule has 3 N–H and O–H groups in total. The van der Waals surface area contributed by atoms with Crippen molar-refractivity contribution in [3.63, 3.8) is 0 Å². The number of morpholine rings is 1. The van der Waals surface area contributed by atoms with Gasteiger partial charge in [0.05, 0.1) is 38.6 Å². The summed E-state index contributed by atoms with van der Waals surface area (Å²) in [6.07, 6.45) is -2.15. The average Bonchev–Trinajstić information content (AvgIpc) is 1.63. The number of Topliss-reactive ketones (excluding diaryl/α,β-unsaturated/α-hetero) is 2. The zero-order chi connectivity index (χ0) is 78.0. The van der Waals surface area contributed by atoms with E-state index in [4.69, 9.17) is 42.6 Å². The van der Waals surface area contributed by atoms with Crippen LogP contribution >= 0.6 is 28.6 Å². The second-order valence-electron chi connectivity index (χ2n) is 31.5. The molecule has 8 fully saturated rings. The first kappa shape index (κ1) is 85.7. The Balaban J connectivity index is 0.000000137. The molecule has 31 heteroatoms. The van der Waals surface area contributed by atoms with E-state index < -0.39 is 101 Å². The number of carbonyl (C=O) groups is 6. The van der Waals surface area contributed by atoms with Gasteiger partial charge in [0.15, 0.2) is 53.3 Å². The Morgan fingerprint density at radius 3 is 1.50 bits per heavy atom. The van der Waals surface area contributed by atoms with Crippen molar-refractivity contribution in [3.05, 3.63) is 152 Å². The SMILES string of the molecule is C.CC1(C)O[C@@H]2C(=O)N3CC/C(=C\C[C@H]2O1)c1ccc(F)cc1C3.CC1(C)O[C@@H]2C(=O)N3CCC(C(=O)C[C@H]2O1)c1ccc(F)cc1C3.CC1(C)O[C@@H]2C(=O)N3CCC(O)(C(=O)C[C@H]2O1)c1ccc(F)cc1C3.CC1(C)O[C@@H]2C(=O)N3CCC(O)(c4ccc(F)cc4C3)C(O)C[C@H]2O1.C[N+]1([O-])CCOCC1.[I][Sm][I]. The summed E-state index contributed by atoms with van der Waals surface area (Å²) in [4.78, 5) is 84.2.